The van der Waals surface area contributed by atoms with Crippen molar-refractivity contribution in [2.45, 2.75) is 33.6 Å². The van der Waals surface area contributed by atoms with E-state index in [9.17, 15) is 4.79 Å². The molecule has 1 amide bonds. The molecule has 1 saturated heterocycles. The standard InChI is InChI=1S/C21H23N5O2/c1-13-5-4-7-23-20(13)21(27)26-8-6-16(12-26)9-17-10-22-11-18(24-17)19-14(2)25-28-15(19)3/h4-5,7,10-11,16H,6,8-9,12H2,1-3H3/t16-/m1/s1. The summed E-state index contributed by atoms with van der Waals surface area (Å²) < 4.78 is 5.25. The van der Waals surface area contributed by atoms with E-state index in [0.717, 1.165) is 53.4 Å². The maximum atomic E-state index is 12.8. The number of carbonyl (C=O) groups excluding carboxylic acids is 1. The van der Waals surface area contributed by atoms with Crippen LogP contribution in [0.25, 0.3) is 11.3 Å². The van der Waals surface area contributed by atoms with E-state index in [4.69, 9.17) is 9.51 Å². The molecule has 0 radical (unpaired) electrons. The number of hydrogen-bond acceptors (Lipinski definition) is 6. The lowest BCUT2D eigenvalue weighted by atomic mass is 10.0. The zero-order valence-electron chi connectivity index (χ0n) is 16.3. The molecule has 0 N–H and O–H groups in total. The number of nitrogens with zero attached hydrogens (tertiary/aromatic N) is 5. The van der Waals surface area contributed by atoms with Crippen molar-refractivity contribution < 1.29 is 9.32 Å². The first kappa shape index (κ1) is 18.3. The Kier molecular flexibility index (Phi) is 4.90. The van der Waals surface area contributed by atoms with Crippen LogP contribution in [0.1, 0.15) is 39.6 Å². The largest absolute Gasteiger partial charge is 0.361 e. The Bertz CT molecular complexity index is 994. The summed E-state index contributed by atoms with van der Waals surface area (Å²) in [5, 5.41) is 4.00. The van der Waals surface area contributed by atoms with Gasteiger partial charge >= 0.3 is 0 Å². The van der Waals surface area contributed by atoms with Crippen molar-refractivity contribution in [1.29, 1.82) is 0 Å². The number of carbonyl (C=O) groups is 1. The van der Waals surface area contributed by atoms with E-state index in [1.807, 2.05) is 37.8 Å². The Balaban J connectivity index is 1.46. The van der Waals surface area contributed by atoms with Gasteiger partial charge in [-0.1, -0.05) is 11.2 Å². The average molecular weight is 377 g/mol. The smallest absolute Gasteiger partial charge is 0.272 e. The van der Waals surface area contributed by atoms with Crippen LogP contribution in [0.5, 0.6) is 0 Å². The van der Waals surface area contributed by atoms with Crippen LogP contribution >= 0.6 is 0 Å². The van der Waals surface area contributed by atoms with Gasteiger partial charge in [0.1, 0.15) is 11.5 Å². The van der Waals surface area contributed by atoms with Gasteiger partial charge < -0.3 is 9.42 Å². The quantitative estimate of drug-likeness (QED) is 0.694. The predicted octanol–water partition coefficient (Wildman–Crippen LogP) is 3.16. The third-order valence-electron chi connectivity index (χ3n) is 5.26. The molecular formula is C21H23N5O2. The van der Waals surface area contributed by atoms with E-state index in [1.165, 1.54) is 0 Å². The lowest BCUT2D eigenvalue weighted by Gasteiger charge is -2.17. The summed E-state index contributed by atoms with van der Waals surface area (Å²) in [6, 6.07) is 3.77. The van der Waals surface area contributed by atoms with Crippen LogP contribution in [0.15, 0.2) is 35.2 Å². The van der Waals surface area contributed by atoms with Crippen molar-refractivity contribution >= 4 is 5.91 Å². The van der Waals surface area contributed by atoms with E-state index in [1.54, 1.807) is 18.6 Å². The van der Waals surface area contributed by atoms with Gasteiger partial charge in [0, 0.05) is 25.5 Å². The van der Waals surface area contributed by atoms with Crippen LogP contribution < -0.4 is 0 Å². The Labute approximate surface area is 163 Å². The van der Waals surface area contributed by atoms with E-state index in [2.05, 4.69) is 15.1 Å². The Hall–Kier alpha value is -3.09. The second kappa shape index (κ2) is 7.50. The summed E-state index contributed by atoms with van der Waals surface area (Å²) in [6.45, 7) is 7.16. The topological polar surface area (TPSA) is 85.0 Å². The number of likely N-dealkylation sites (tertiary alicyclic amines) is 1. The molecule has 0 aliphatic carbocycles. The van der Waals surface area contributed by atoms with Crippen LogP contribution in [0.3, 0.4) is 0 Å². The molecule has 3 aromatic heterocycles. The zero-order chi connectivity index (χ0) is 19.7. The minimum atomic E-state index is 0.0103. The van der Waals surface area contributed by atoms with Crippen LogP contribution in [-0.2, 0) is 6.42 Å². The van der Waals surface area contributed by atoms with Gasteiger partial charge in [0.2, 0.25) is 0 Å². The number of aryl methyl sites for hydroxylation is 3. The molecule has 1 aliphatic heterocycles. The minimum Gasteiger partial charge on any atom is -0.361 e. The van der Waals surface area contributed by atoms with E-state index >= 15 is 0 Å². The van der Waals surface area contributed by atoms with Crippen molar-refractivity contribution in [3.05, 3.63) is 59.1 Å². The van der Waals surface area contributed by atoms with Gasteiger partial charge in [-0.15, -0.1) is 0 Å². The number of hydrogen-bond donors (Lipinski definition) is 0. The highest BCUT2D eigenvalue weighted by molar-refractivity contribution is 5.93. The summed E-state index contributed by atoms with van der Waals surface area (Å²) >= 11 is 0. The maximum absolute atomic E-state index is 12.8. The molecule has 28 heavy (non-hydrogen) atoms. The number of rotatable bonds is 4. The number of aromatic nitrogens is 4. The normalized spacial score (nSPS) is 16.5. The summed E-state index contributed by atoms with van der Waals surface area (Å²) in [4.78, 5) is 28.0. The van der Waals surface area contributed by atoms with E-state index < -0.39 is 0 Å². The Morgan fingerprint density at radius 3 is 2.89 bits per heavy atom. The van der Waals surface area contributed by atoms with Crippen molar-refractivity contribution in [2.75, 3.05) is 13.1 Å². The Morgan fingerprint density at radius 2 is 2.14 bits per heavy atom. The molecule has 3 aromatic rings. The molecule has 0 bridgehead atoms. The molecule has 144 valence electrons. The van der Waals surface area contributed by atoms with E-state index in [-0.39, 0.29) is 5.91 Å². The fourth-order valence-electron chi connectivity index (χ4n) is 3.81. The third kappa shape index (κ3) is 3.52. The molecule has 0 aromatic carbocycles. The molecule has 1 fully saturated rings. The van der Waals surface area contributed by atoms with Crippen molar-refractivity contribution in [3.8, 4) is 11.3 Å². The SMILES string of the molecule is Cc1cccnc1C(=O)N1CC[C@H](Cc2cncc(-c3c(C)noc3C)n2)C1. The molecule has 4 heterocycles. The Morgan fingerprint density at radius 1 is 1.29 bits per heavy atom. The molecule has 0 saturated carbocycles. The first-order chi connectivity index (χ1) is 13.5. The zero-order valence-corrected chi connectivity index (χ0v) is 16.3. The molecular weight excluding hydrogens is 354 g/mol. The fourth-order valence-corrected chi connectivity index (χ4v) is 3.81. The summed E-state index contributed by atoms with van der Waals surface area (Å²) in [5.74, 6) is 1.12. The van der Waals surface area contributed by atoms with Gasteiger partial charge in [-0.05, 0) is 51.2 Å². The lowest BCUT2D eigenvalue weighted by molar-refractivity contribution is 0.0780. The summed E-state index contributed by atoms with van der Waals surface area (Å²) in [7, 11) is 0. The highest BCUT2D eigenvalue weighted by Gasteiger charge is 2.29. The second-order valence-corrected chi connectivity index (χ2v) is 7.37. The summed E-state index contributed by atoms with van der Waals surface area (Å²) in [6.07, 6.45) is 6.95. The van der Waals surface area contributed by atoms with E-state index in [0.29, 0.717) is 18.2 Å². The van der Waals surface area contributed by atoms with Gasteiger partial charge in [-0.3, -0.25) is 14.8 Å². The summed E-state index contributed by atoms with van der Waals surface area (Å²) in [5.41, 5.74) is 4.88. The van der Waals surface area contributed by atoms with Gasteiger partial charge in [-0.2, -0.15) is 0 Å². The molecule has 7 nitrogen and oxygen atoms in total. The van der Waals surface area contributed by atoms with Gasteiger partial charge in [0.15, 0.2) is 0 Å². The molecule has 4 rings (SSSR count). The third-order valence-corrected chi connectivity index (χ3v) is 5.26. The fraction of sp³-hybridized carbons (Fsp3) is 0.381. The number of amides is 1. The van der Waals surface area contributed by atoms with Crippen LogP contribution in [0.4, 0.5) is 0 Å². The van der Waals surface area contributed by atoms with Crippen LogP contribution in [-0.4, -0.2) is 44.0 Å². The molecule has 0 unspecified atom stereocenters. The average Bonchev–Trinajstić information content (AvgIpc) is 3.28. The molecule has 1 aliphatic rings. The highest BCUT2D eigenvalue weighted by atomic mass is 16.5. The maximum Gasteiger partial charge on any atom is 0.272 e. The highest BCUT2D eigenvalue weighted by Crippen LogP contribution is 2.26. The minimum absolute atomic E-state index is 0.0103. The van der Waals surface area contributed by atoms with Crippen molar-refractivity contribution in [3.63, 3.8) is 0 Å². The lowest BCUT2D eigenvalue weighted by Crippen LogP contribution is -2.30. The predicted molar refractivity (Wildman–Crippen MR) is 104 cm³/mol. The first-order valence-corrected chi connectivity index (χ1v) is 9.48. The van der Waals surface area contributed by atoms with Crippen molar-refractivity contribution in [2.24, 2.45) is 5.92 Å². The monoisotopic (exact) mass is 377 g/mol. The second-order valence-electron chi connectivity index (χ2n) is 7.37. The first-order valence-electron chi connectivity index (χ1n) is 9.48. The number of pyridine rings is 1. The van der Waals surface area contributed by atoms with Crippen LogP contribution in [0.2, 0.25) is 0 Å². The van der Waals surface area contributed by atoms with Gasteiger partial charge in [0.05, 0.1) is 28.8 Å². The van der Waals surface area contributed by atoms with Gasteiger partial charge in [-0.25, -0.2) is 4.98 Å². The van der Waals surface area contributed by atoms with Gasteiger partial charge in [0.25, 0.3) is 5.91 Å². The molecule has 0 spiro atoms. The van der Waals surface area contributed by atoms with Crippen LogP contribution in [0, 0.1) is 26.7 Å². The molecule has 7 heteroatoms. The molecule has 1 atom stereocenters. The van der Waals surface area contributed by atoms with Crippen molar-refractivity contribution in [1.82, 2.24) is 25.0 Å².